The van der Waals surface area contributed by atoms with E-state index in [1.807, 2.05) is 44.2 Å². The van der Waals surface area contributed by atoms with Crippen molar-refractivity contribution in [2.24, 2.45) is 5.92 Å². The Hall–Kier alpha value is -2.76. The van der Waals surface area contributed by atoms with Crippen LogP contribution in [-0.2, 0) is 16.0 Å². The number of halogens is 2. The number of amides is 2. The van der Waals surface area contributed by atoms with Crippen LogP contribution in [0.1, 0.15) is 37.9 Å². The number of hydrogen-bond acceptors (Lipinski definition) is 2. The van der Waals surface area contributed by atoms with Crippen molar-refractivity contribution >= 4 is 11.8 Å². The summed E-state index contributed by atoms with van der Waals surface area (Å²) in [6, 6.07) is 11.5. The normalized spacial score (nSPS) is 13.1. The first-order valence-electron chi connectivity index (χ1n) is 8.86. The molecular formula is C21H24F2N2O2. The fourth-order valence-electron chi connectivity index (χ4n) is 2.71. The van der Waals surface area contributed by atoms with Crippen LogP contribution in [0.25, 0.3) is 0 Å². The molecule has 6 heteroatoms. The van der Waals surface area contributed by atoms with Crippen LogP contribution in [0.2, 0.25) is 0 Å². The van der Waals surface area contributed by atoms with E-state index in [0.29, 0.717) is 5.56 Å². The van der Waals surface area contributed by atoms with Crippen molar-refractivity contribution in [3.63, 3.8) is 0 Å². The van der Waals surface area contributed by atoms with Gasteiger partial charge < -0.3 is 10.6 Å². The summed E-state index contributed by atoms with van der Waals surface area (Å²) in [5, 5.41) is 5.51. The van der Waals surface area contributed by atoms with Crippen molar-refractivity contribution < 1.29 is 18.4 Å². The first kappa shape index (κ1) is 20.6. The van der Waals surface area contributed by atoms with E-state index in [2.05, 4.69) is 10.6 Å². The topological polar surface area (TPSA) is 58.2 Å². The Bertz CT molecular complexity index is 794. The molecule has 2 amide bonds. The van der Waals surface area contributed by atoms with Crippen molar-refractivity contribution in [3.8, 4) is 0 Å². The van der Waals surface area contributed by atoms with Gasteiger partial charge in [0.25, 0.3) is 0 Å². The van der Waals surface area contributed by atoms with E-state index in [-0.39, 0.29) is 24.2 Å². The predicted octanol–water partition coefficient (Wildman–Crippen LogP) is 3.53. The number of carbonyl (C=O) groups is 2. The van der Waals surface area contributed by atoms with Crippen LogP contribution in [0.4, 0.5) is 8.78 Å². The third kappa shape index (κ3) is 5.88. The second kappa shape index (κ2) is 9.26. The molecule has 0 saturated heterocycles. The lowest BCUT2D eigenvalue weighted by Gasteiger charge is -2.24. The molecule has 144 valence electrons. The van der Waals surface area contributed by atoms with Crippen molar-refractivity contribution in [1.82, 2.24) is 10.6 Å². The molecule has 27 heavy (non-hydrogen) atoms. The van der Waals surface area contributed by atoms with Crippen molar-refractivity contribution in [2.45, 2.75) is 39.3 Å². The summed E-state index contributed by atoms with van der Waals surface area (Å²) >= 11 is 0. The number of carbonyl (C=O) groups excluding carboxylic acids is 2. The Kier molecular flexibility index (Phi) is 7.05. The number of hydrogen-bond donors (Lipinski definition) is 2. The Balaban J connectivity index is 2.01. The minimum atomic E-state index is -0.967. The van der Waals surface area contributed by atoms with E-state index >= 15 is 0 Å². The van der Waals surface area contributed by atoms with Gasteiger partial charge in [-0.2, -0.15) is 0 Å². The fraction of sp³-hybridized carbons (Fsp3) is 0.333. The second-order valence-corrected chi connectivity index (χ2v) is 6.86. The molecule has 0 heterocycles. The quantitative estimate of drug-likeness (QED) is 0.779. The summed E-state index contributed by atoms with van der Waals surface area (Å²) in [4.78, 5) is 24.9. The van der Waals surface area contributed by atoms with Crippen LogP contribution in [0.5, 0.6) is 0 Å². The van der Waals surface area contributed by atoms with Gasteiger partial charge in [-0.05, 0) is 36.1 Å². The SMILES string of the molecule is CC(C)[C@H](NC(=O)Cc1ccccc1)C(=O)N[C@@H](C)c1ccc(F)c(F)c1. The molecule has 0 saturated carbocycles. The van der Waals surface area contributed by atoms with Crippen LogP contribution >= 0.6 is 0 Å². The summed E-state index contributed by atoms with van der Waals surface area (Å²) in [5.74, 6) is -2.67. The Morgan fingerprint density at radius 1 is 0.926 bits per heavy atom. The smallest absolute Gasteiger partial charge is 0.243 e. The van der Waals surface area contributed by atoms with Crippen LogP contribution in [0.15, 0.2) is 48.5 Å². The molecule has 2 atom stereocenters. The van der Waals surface area contributed by atoms with Gasteiger partial charge in [-0.3, -0.25) is 9.59 Å². The van der Waals surface area contributed by atoms with E-state index in [1.54, 1.807) is 6.92 Å². The third-order valence-corrected chi connectivity index (χ3v) is 4.28. The van der Waals surface area contributed by atoms with Gasteiger partial charge in [0.05, 0.1) is 12.5 Å². The van der Waals surface area contributed by atoms with E-state index in [9.17, 15) is 18.4 Å². The van der Waals surface area contributed by atoms with Crippen LogP contribution < -0.4 is 10.6 Å². The summed E-state index contributed by atoms with van der Waals surface area (Å²) in [7, 11) is 0. The molecule has 2 N–H and O–H groups in total. The molecule has 0 radical (unpaired) electrons. The van der Waals surface area contributed by atoms with Crippen LogP contribution in [-0.4, -0.2) is 17.9 Å². The lowest BCUT2D eigenvalue weighted by molar-refractivity contribution is -0.130. The summed E-state index contributed by atoms with van der Waals surface area (Å²) in [6.45, 7) is 5.33. The molecule has 2 rings (SSSR count). The van der Waals surface area contributed by atoms with Gasteiger partial charge >= 0.3 is 0 Å². The van der Waals surface area contributed by atoms with E-state index in [4.69, 9.17) is 0 Å². The minimum Gasteiger partial charge on any atom is -0.348 e. The molecule has 0 aliphatic heterocycles. The van der Waals surface area contributed by atoms with Crippen molar-refractivity contribution in [3.05, 3.63) is 71.3 Å². The zero-order valence-electron chi connectivity index (χ0n) is 15.6. The Morgan fingerprint density at radius 2 is 1.59 bits per heavy atom. The molecule has 0 bridgehead atoms. The number of rotatable bonds is 7. The number of nitrogens with one attached hydrogen (secondary N) is 2. The standard InChI is InChI=1S/C21H24F2N2O2/c1-13(2)20(25-19(26)11-15-7-5-4-6-8-15)21(27)24-14(3)16-9-10-17(22)18(23)12-16/h4-10,12-14,20H,11H2,1-3H3,(H,24,27)(H,25,26)/t14-,20-/m0/s1. The van der Waals surface area contributed by atoms with Gasteiger partial charge in [0, 0.05) is 0 Å². The predicted molar refractivity (Wildman–Crippen MR) is 99.8 cm³/mol. The van der Waals surface area contributed by atoms with Gasteiger partial charge in [-0.25, -0.2) is 8.78 Å². The summed E-state index contributed by atoms with van der Waals surface area (Å²) in [5.41, 5.74) is 1.30. The molecule has 0 aliphatic rings. The maximum absolute atomic E-state index is 13.4. The summed E-state index contributed by atoms with van der Waals surface area (Å²) < 4.78 is 26.5. The van der Waals surface area contributed by atoms with Crippen molar-refractivity contribution in [2.75, 3.05) is 0 Å². The van der Waals surface area contributed by atoms with Gasteiger partial charge in [0.2, 0.25) is 11.8 Å². The average Bonchev–Trinajstić information content (AvgIpc) is 2.62. The lowest BCUT2D eigenvalue weighted by Crippen LogP contribution is -2.50. The lowest BCUT2D eigenvalue weighted by atomic mass is 10.0. The van der Waals surface area contributed by atoms with Gasteiger partial charge in [0.15, 0.2) is 11.6 Å². The first-order chi connectivity index (χ1) is 12.8. The van der Waals surface area contributed by atoms with Gasteiger partial charge in [-0.15, -0.1) is 0 Å². The fourth-order valence-corrected chi connectivity index (χ4v) is 2.71. The molecule has 2 aromatic rings. The third-order valence-electron chi connectivity index (χ3n) is 4.28. The molecule has 0 aromatic heterocycles. The molecule has 0 unspecified atom stereocenters. The maximum atomic E-state index is 13.4. The van der Waals surface area contributed by atoms with E-state index in [1.165, 1.54) is 6.07 Å². The maximum Gasteiger partial charge on any atom is 0.243 e. The van der Waals surface area contributed by atoms with E-state index in [0.717, 1.165) is 17.7 Å². The van der Waals surface area contributed by atoms with Crippen LogP contribution in [0, 0.1) is 17.6 Å². The van der Waals surface area contributed by atoms with Gasteiger partial charge in [0.1, 0.15) is 6.04 Å². The molecule has 4 nitrogen and oxygen atoms in total. The highest BCUT2D eigenvalue weighted by Gasteiger charge is 2.25. The monoisotopic (exact) mass is 374 g/mol. The zero-order valence-corrected chi connectivity index (χ0v) is 15.6. The molecule has 0 fully saturated rings. The molecule has 0 aliphatic carbocycles. The highest BCUT2D eigenvalue weighted by molar-refractivity contribution is 5.88. The second-order valence-electron chi connectivity index (χ2n) is 6.86. The molecular weight excluding hydrogens is 350 g/mol. The zero-order chi connectivity index (χ0) is 20.0. The minimum absolute atomic E-state index is 0.137. The van der Waals surface area contributed by atoms with Gasteiger partial charge in [-0.1, -0.05) is 50.2 Å². The van der Waals surface area contributed by atoms with E-state index < -0.39 is 23.7 Å². The number of benzene rings is 2. The molecule has 2 aromatic carbocycles. The molecule has 0 spiro atoms. The Morgan fingerprint density at radius 3 is 2.19 bits per heavy atom. The van der Waals surface area contributed by atoms with Crippen molar-refractivity contribution in [1.29, 1.82) is 0 Å². The Labute approximate surface area is 158 Å². The average molecular weight is 374 g/mol. The highest BCUT2D eigenvalue weighted by atomic mass is 19.2. The summed E-state index contributed by atoms with van der Waals surface area (Å²) in [6.07, 6.45) is 0.177. The van der Waals surface area contributed by atoms with Crippen LogP contribution in [0.3, 0.4) is 0 Å². The largest absolute Gasteiger partial charge is 0.348 e. The highest BCUT2D eigenvalue weighted by Crippen LogP contribution is 2.16. The first-order valence-corrected chi connectivity index (χ1v) is 8.86.